The molecule has 0 aliphatic carbocycles. The van der Waals surface area contributed by atoms with Crippen LogP contribution in [0.15, 0.2) is 42.1 Å². The second kappa shape index (κ2) is 7.18. The van der Waals surface area contributed by atoms with Gasteiger partial charge in [-0.25, -0.2) is 0 Å². The fourth-order valence-electron chi connectivity index (χ4n) is 2.98. The second-order valence-electron chi connectivity index (χ2n) is 7.05. The molecule has 2 N–H and O–H groups in total. The Hall–Kier alpha value is -2.49. The third-order valence-corrected chi connectivity index (χ3v) is 4.75. The monoisotopic (exact) mass is 338 g/mol. The predicted molar refractivity (Wildman–Crippen MR) is 102 cm³/mol. The van der Waals surface area contributed by atoms with Crippen molar-refractivity contribution in [1.29, 1.82) is 0 Å². The fourth-order valence-corrected chi connectivity index (χ4v) is 2.98. The lowest BCUT2D eigenvalue weighted by Crippen LogP contribution is -2.28. The van der Waals surface area contributed by atoms with Gasteiger partial charge >= 0.3 is 0 Å². The molecule has 2 aromatic rings. The number of carbonyl (C=O) groups excluding carboxylic acids is 1. The summed E-state index contributed by atoms with van der Waals surface area (Å²) in [7, 11) is 0. The number of fused-ring (bicyclic) bond motifs is 1. The normalized spacial score (nSPS) is 17.6. The predicted octanol–water partition coefficient (Wildman–Crippen LogP) is 4.41. The number of amides is 1. The molecule has 4 nitrogen and oxygen atoms in total. The number of benzene rings is 2. The molecule has 0 unspecified atom stereocenters. The van der Waals surface area contributed by atoms with Crippen molar-refractivity contribution in [2.24, 2.45) is 5.41 Å². The van der Waals surface area contributed by atoms with Crippen molar-refractivity contribution in [3.8, 4) is 5.75 Å². The summed E-state index contributed by atoms with van der Waals surface area (Å²) < 4.78 is 5.85. The zero-order chi connectivity index (χ0) is 17.9. The average Bonchev–Trinajstić information content (AvgIpc) is 2.85. The topological polar surface area (TPSA) is 50.4 Å². The van der Waals surface area contributed by atoms with Crippen LogP contribution in [-0.4, -0.2) is 12.5 Å². The van der Waals surface area contributed by atoms with Crippen molar-refractivity contribution in [3.63, 3.8) is 0 Å². The van der Waals surface area contributed by atoms with Gasteiger partial charge < -0.3 is 10.2 Å². The number of unbranched alkanes of at least 4 members (excludes halogenated alkanes) is 2. The fraction of sp³-hybridized carbons (Fsp3) is 0.381. The van der Waals surface area contributed by atoms with Crippen LogP contribution in [0.25, 0.3) is 16.8 Å². The lowest BCUT2D eigenvalue weighted by atomic mass is 9.88. The minimum Gasteiger partial charge on any atom is -0.494 e. The van der Waals surface area contributed by atoms with E-state index in [1.807, 2.05) is 32.1 Å². The summed E-state index contributed by atoms with van der Waals surface area (Å²) in [5, 5.41) is 2.28. The number of hydrogen-bond donors (Lipinski definition) is 2. The van der Waals surface area contributed by atoms with Crippen LogP contribution < -0.4 is 15.6 Å². The van der Waals surface area contributed by atoms with Gasteiger partial charge in [-0.05, 0) is 54.8 Å². The van der Waals surface area contributed by atoms with E-state index in [0.29, 0.717) is 0 Å². The van der Waals surface area contributed by atoms with E-state index in [4.69, 9.17) is 4.74 Å². The molecule has 1 saturated heterocycles. The lowest BCUT2D eigenvalue weighted by Gasteiger charge is -2.15. The van der Waals surface area contributed by atoms with E-state index < -0.39 is 5.41 Å². The Balaban J connectivity index is 1.87. The van der Waals surface area contributed by atoms with Crippen LogP contribution in [0.1, 0.15) is 45.6 Å². The third kappa shape index (κ3) is 3.63. The Labute approximate surface area is 149 Å². The van der Waals surface area contributed by atoms with Gasteiger partial charge in [-0.1, -0.05) is 44.0 Å². The van der Waals surface area contributed by atoms with E-state index in [2.05, 4.69) is 42.0 Å². The number of nitrogens with one attached hydrogen (secondary N) is 2. The van der Waals surface area contributed by atoms with Crippen molar-refractivity contribution >= 4 is 22.8 Å². The van der Waals surface area contributed by atoms with Gasteiger partial charge in [0, 0.05) is 5.70 Å². The number of rotatable bonds is 6. The zero-order valence-electron chi connectivity index (χ0n) is 15.2. The van der Waals surface area contributed by atoms with Gasteiger partial charge in [-0.2, -0.15) is 0 Å². The molecule has 3 rings (SSSR count). The first-order valence-electron chi connectivity index (χ1n) is 8.96. The number of hydrogen-bond acceptors (Lipinski definition) is 3. The SMILES string of the molecule is CCCCCOc1ccc2c(/C=C3\NNC(=O)C3(C)C)cccc2c1. The molecule has 4 heteroatoms. The van der Waals surface area contributed by atoms with Crippen molar-refractivity contribution in [2.45, 2.75) is 40.0 Å². The van der Waals surface area contributed by atoms with Crippen LogP contribution in [0.4, 0.5) is 0 Å². The van der Waals surface area contributed by atoms with Crippen LogP contribution in [-0.2, 0) is 4.79 Å². The van der Waals surface area contributed by atoms with E-state index in [-0.39, 0.29) is 5.91 Å². The van der Waals surface area contributed by atoms with Crippen molar-refractivity contribution in [1.82, 2.24) is 10.9 Å². The Morgan fingerprint density at radius 2 is 1.96 bits per heavy atom. The Morgan fingerprint density at radius 3 is 2.68 bits per heavy atom. The third-order valence-electron chi connectivity index (χ3n) is 4.75. The first kappa shape index (κ1) is 17.3. The molecule has 1 aliphatic heterocycles. The molecule has 132 valence electrons. The molecule has 0 bridgehead atoms. The summed E-state index contributed by atoms with van der Waals surface area (Å²) in [5.74, 6) is 0.895. The van der Waals surface area contributed by atoms with E-state index in [1.165, 1.54) is 12.8 Å². The highest BCUT2D eigenvalue weighted by atomic mass is 16.5. The van der Waals surface area contributed by atoms with Crippen LogP contribution >= 0.6 is 0 Å². The van der Waals surface area contributed by atoms with E-state index in [0.717, 1.165) is 40.8 Å². The molecule has 0 spiro atoms. The maximum atomic E-state index is 11.9. The number of hydrazine groups is 1. The quantitative estimate of drug-likeness (QED) is 0.767. The standard InChI is InChI=1S/C21H26N2O2/c1-4-5-6-12-25-17-10-11-18-15(13-17)8-7-9-16(18)14-19-21(2,3)20(24)23-22-19/h7-11,13-14,22H,4-6,12H2,1-3H3,(H,23,24)/b19-14-. The lowest BCUT2D eigenvalue weighted by molar-refractivity contribution is -0.125. The first-order valence-corrected chi connectivity index (χ1v) is 8.96. The summed E-state index contributed by atoms with van der Waals surface area (Å²) in [4.78, 5) is 11.9. The van der Waals surface area contributed by atoms with Gasteiger partial charge in [-0.3, -0.25) is 10.2 Å². The van der Waals surface area contributed by atoms with E-state index in [1.54, 1.807) is 0 Å². The van der Waals surface area contributed by atoms with E-state index in [9.17, 15) is 4.79 Å². The van der Waals surface area contributed by atoms with Crippen LogP contribution in [0.2, 0.25) is 0 Å². The van der Waals surface area contributed by atoms with Gasteiger partial charge in [0.05, 0.1) is 12.0 Å². The van der Waals surface area contributed by atoms with Crippen LogP contribution in [0, 0.1) is 5.41 Å². The highest BCUT2D eigenvalue weighted by Gasteiger charge is 2.37. The zero-order valence-corrected chi connectivity index (χ0v) is 15.2. The molecule has 0 aromatic heterocycles. The van der Waals surface area contributed by atoms with Crippen molar-refractivity contribution in [3.05, 3.63) is 47.7 Å². The minimum absolute atomic E-state index is 0.0123. The van der Waals surface area contributed by atoms with Gasteiger partial charge in [0.2, 0.25) is 5.91 Å². The van der Waals surface area contributed by atoms with Crippen molar-refractivity contribution < 1.29 is 9.53 Å². The maximum Gasteiger partial charge on any atom is 0.249 e. The molecule has 0 radical (unpaired) electrons. The largest absolute Gasteiger partial charge is 0.494 e. The molecular weight excluding hydrogens is 312 g/mol. The molecule has 0 atom stereocenters. The molecule has 1 amide bonds. The Bertz CT molecular complexity index is 809. The number of carbonyl (C=O) groups is 1. The molecule has 25 heavy (non-hydrogen) atoms. The molecule has 1 aliphatic rings. The minimum atomic E-state index is -0.551. The van der Waals surface area contributed by atoms with Gasteiger partial charge in [0.1, 0.15) is 5.75 Å². The Morgan fingerprint density at radius 1 is 1.12 bits per heavy atom. The van der Waals surface area contributed by atoms with Crippen LogP contribution in [0.5, 0.6) is 5.75 Å². The highest BCUT2D eigenvalue weighted by Crippen LogP contribution is 2.32. The summed E-state index contributed by atoms with van der Waals surface area (Å²) in [5.41, 5.74) is 7.11. The second-order valence-corrected chi connectivity index (χ2v) is 7.05. The molecular formula is C21H26N2O2. The molecule has 1 heterocycles. The summed E-state index contributed by atoms with van der Waals surface area (Å²) in [6, 6.07) is 12.4. The smallest absolute Gasteiger partial charge is 0.249 e. The molecule has 2 aromatic carbocycles. The van der Waals surface area contributed by atoms with Gasteiger partial charge in [0.15, 0.2) is 0 Å². The molecule has 1 fully saturated rings. The summed E-state index contributed by atoms with van der Waals surface area (Å²) in [6.45, 7) is 6.79. The molecule has 0 saturated carbocycles. The van der Waals surface area contributed by atoms with Gasteiger partial charge in [-0.15, -0.1) is 0 Å². The maximum absolute atomic E-state index is 11.9. The van der Waals surface area contributed by atoms with Crippen molar-refractivity contribution in [2.75, 3.05) is 6.61 Å². The van der Waals surface area contributed by atoms with Gasteiger partial charge in [0.25, 0.3) is 0 Å². The van der Waals surface area contributed by atoms with Crippen LogP contribution in [0.3, 0.4) is 0 Å². The summed E-state index contributed by atoms with van der Waals surface area (Å²) >= 11 is 0. The Kier molecular flexibility index (Phi) is 4.98. The average molecular weight is 338 g/mol. The first-order chi connectivity index (χ1) is 12.0. The summed E-state index contributed by atoms with van der Waals surface area (Å²) in [6.07, 6.45) is 5.52. The highest BCUT2D eigenvalue weighted by molar-refractivity contribution is 5.94. The van der Waals surface area contributed by atoms with E-state index >= 15 is 0 Å². The number of ether oxygens (including phenoxy) is 1.